The highest BCUT2D eigenvalue weighted by molar-refractivity contribution is 6.31. The highest BCUT2D eigenvalue weighted by Crippen LogP contribution is 2.40. The normalized spacial score (nSPS) is 15.0. The third kappa shape index (κ3) is 3.08. The Morgan fingerprint density at radius 2 is 1.28 bits per heavy atom. The maximum Gasteiger partial charge on any atom is 0.130 e. The van der Waals surface area contributed by atoms with Crippen LogP contribution in [-0.2, 0) is 0 Å². The molecule has 1 aliphatic heterocycles. The summed E-state index contributed by atoms with van der Waals surface area (Å²) in [4.78, 5) is 4.62. The second-order valence-corrected chi connectivity index (χ2v) is 6.50. The summed E-state index contributed by atoms with van der Waals surface area (Å²) in [5.74, 6) is -0.315. The van der Waals surface area contributed by atoms with Crippen LogP contribution in [0.1, 0.15) is 11.7 Å². The van der Waals surface area contributed by atoms with Gasteiger partial charge in [-0.05, 0) is 36.4 Å². The number of hydrogen-bond acceptors (Lipinski definition) is 2. The van der Waals surface area contributed by atoms with Crippen molar-refractivity contribution >= 4 is 23.0 Å². The number of anilines is 2. The van der Waals surface area contributed by atoms with Crippen molar-refractivity contribution in [3.8, 4) is 0 Å². The molecule has 25 heavy (non-hydrogen) atoms. The molecule has 0 saturated carbocycles. The van der Waals surface area contributed by atoms with Crippen molar-refractivity contribution in [2.24, 2.45) is 0 Å². The molecule has 1 heterocycles. The quantitative estimate of drug-likeness (QED) is 0.613. The van der Waals surface area contributed by atoms with Crippen molar-refractivity contribution in [3.05, 3.63) is 95.3 Å². The van der Waals surface area contributed by atoms with Gasteiger partial charge in [-0.3, -0.25) is 0 Å². The first-order chi connectivity index (χ1) is 12.2. The molecule has 0 bridgehead atoms. The van der Waals surface area contributed by atoms with Crippen LogP contribution in [-0.4, -0.2) is 13.1 Å². The van der Waals surface area contributed by atoms with Gasteiger partial charge in [-0.2, -0.15) is 0 Å². The number of rotatable bonds is 3. The molecule has 0 N–H and O–H groups in total. The Hall–Kier alpha value is -2.52. The van der Waals surface area contributed by atoms with Crippen LogP contribution in [0.15, 0.2) is 78.9 Å². The Morgan fingerprint density at radius 1 is 0.760 bits per heavy atom. The van der Waals surface area contributed by atoms with Crippen molar-refractivity contribution in [2.75, 3.05) is 22.9 Å². The van der Waals surface area contributed by atoms with E-state index in [0.29, 0.717) is 5.02 Å². The lowest BCUT2D eigenvalue weighted by molar-refractivity contribution is 0.624. The Labute approximate surface area is 152 Å². The second kappa shape index (κ2) is 6.77. The SMILES string of the molecule is Fc1ccc(C2N(c3ccccc3)CCN2c2ccccc2)c(Cl)c1. The van der Waals surface area contributed by atoms with Crippen molar-refractivity contribution in [1.82, 2.24) is 0 Å². The van der Waals surface area contributed by atoms with Crippen molar-refractivity contribution < 1.29 is 4.39 Å². The highest BCUT2D eigenvalue weighted by Gasteiger charge is 2.34. The Morgan fingerprint density at radius 3 is 1.76 bits per heavy atom. The number of para-hydroxylation sites is 2. The monoisotopic (exact) mass is 352 g/mol. The van der Waals surface area contributed by atoms with E-state index < -0.39 is 0 Å². The zero-order valence-corrected chi connectivity index (χ0v) is 14.4. The van der Waals surface area contributed by atoms with Gasteiger partial charge in [0, 0.05) is 30.0 Å². The molecular weight excluding hydrogens is 335 g/mol. The minimum absolute atomic E-state index is 0.0714. The van der Waals surface area contributed by atoms with E-state index in [1.807, 2.05) is 36.4 Å². The van der Waals surface area contributed by atoms with Gasteiger partial charge in [0.05, 0.1) is 5.02 Å². The van der Waals surface area contributed by atoms with Crippen molar-refractivity contribution in [1.29, 1.82) is 0 Å². The molecule has 0 unspecified atom stereocenters. The first-order valence-electron chi connectivity index (χ1n) is 8.32. The van der Waals surface area contributed by atoms with E-state index in [1.165, 1.54) is 12.1 Å². The van der Waals surface area contributed by atoms with E-state index in [4.69, 9.17) is 11.6 Å². The summed E-state index contributed by atoms with van der Waals surface area (Å²) in [6, 6.07) is 25.2. The lowest BCUT2D eigenvalue weighted by atomic mass is 10.1. The number of hydrogen-bond donors (Lipinski definition) is 0. The predicted molar refractivity (Wildman–Crippen MR) is 102 cm³/mol. The summed E-state index contributed by atoms with van der Waals surface area (Å²) in [6.07, 6.45) is -0.0714. The van der Waals surface area contributed by atoms with Gasteiger partial charge in [-0.1, -0.05) is 54.1 Å². The van der Waals surface area contributed by atoms with Crippen LogP contribution < -0.4 is 9.80 Å². The molecule has 1 aliphatic rings. The molecular formula is C21H18ClFN2. The zero-order valence-electron chi connectivity index (χ0n) is 13.6. The molecule has 0 radical (unpaired) electrons. The zero-order chi connectivity index (χ0) is 17.2. The lowest BCUT2D eigenvalue weighted by Gasteiger charge is -2.33. The fraction of sp³-hybridized carbons (Fsp3) is 0.143. The maximum absolute atomic E-state index is 13.6. The molecule has 3 aromatic carbocycles. The van der Waals surface area contributed by atoms with Gasteiger partial charge in [0.1, 0.15) is 12.0 Å². The van der Waals surface area contributed by atoms with Gasteiger partial charge < -0.3 is 9.80 Å². The second-order valence-electron chi connectivity index (χ2n) is 6.10. The molecule has 126 valence electrons. The van der Waals surface area contributed by atoms with E-state index in [0.717, 1.165) is 30.0 Å². The molecule has 0 amide bonds. The lowest BCUT2D eigenvalue weighted by Crippen LogP contribution is -2.31. The predicted octanol–water partition coefficient (Wildman–Crippen LogP) is 5.50. The molecule has 2 nitrogen and oxygen atoms in total. The average molecular weight is 353 g/mol. The van der Waals surface area contributed by atoms with E-state index in [9.17, 15) is 4.39 Å². The van der Waals surface area contributed by atoms with Crippen LogP contribution in [0.5, 0.6) is 0 Å². The van der Waals surface area contributed by atoms with Gasteiger partial charge in [0.15, 0.2) is 0 Å². The van der Waals surface area contributed by atoms with Gasteiger partial charge in [-0.15, -0.1) is 0 Å². The topological polar surface area (TPSA) is 6.48 Å². The van der Waals surface area contributed by atoms with E-state index in [2.05, 4.69) is 34.1 Å². The first-order valence-corrected chi connectivity index (χ1v) is 8.70. The van der Waals surface area contributed by atoms with Gasteiger partial charge in [0.25, 0.3) is 0 Å². The van der Waals surface area contributed by atoms with Crippen LogP contribution in [0, 0.1) is 5.82 Å². The summed E-state index contributed by atoms with van der Waals surface area (Å²) in [5, 5.41) is 0.453. The minimum atomic E-state index is -0.315. The Balaban J connectivity index is 1.81. The molecule has 1 fully saturated rings. The fourth-order valence-corrected chi connectivity index (χ4v) is 3.72. The highest BCUT2D eigenvalue weighted by atomic mass is 35.5. The minimum Gasteiger partial charge on any atom is -0.346 e. The molecule has 4 heteroatoms. The Bertz CT molecular complexity index is 807. The molecule has 1 saturated heterocycles. The third-order valence-corrected chi connectivity index (χ3v) is 4.92. The van der Waals surface area contributed by atoms with E-state index in [-0.39, 0.29) is 12.0 Å². The molecule has 4 rings (SSSR count). The van der Waals surface area contributed by atoms with Crippen molar-refractivity contribution in [2.45, 2.75) is 6.17 Å². The number of halogens is 2. The summed E-state index contributed by atoms with van der Waals surface area (Å²) in [7, 11) is 0. The molecule has 0 aromatic heterocycles. The van der Waals surface area contributed by atoms with E-state index >= 15 is 0 Å². The Kier molecular flexibility index (Phi) is 4.33. The summed E-state index contributed by atoms with van der Waals surface area (Å²) in [5.41, 5.74) is 3.17. The first kappa shape index (κ1) is 16.0. The van der Waals surface area contributed by atoms with Crippen LogP contribution >= 0.6 is 11.6 Å². The molecule has 0 aliphatic carbocycles. The smallest absolute Gasteiger partial charge is 0.130 e. The van der Waals surface area contributed by atoms with Crippen LogP contribution in [0.2, 0.25) is 5.02 Å². The van der Waals surface area contributed by atoms with E-state index in [1.54, 1.807) is 6.07 Å². The maximum atomic E-state index is 13.6. The summed E-state index contributed by atoms with van der Waals surface area (Å²) < 4.78 is 13.6. The van der Waals surface area contributed by atoms with Crippen LogP contribution in [0.3, 0.4) is 0 Å². The standard InChI is InChI=1S/C21H18ClFN2/c22-20-15-16(23)11-12-19(20)21-24(17-7-3-1-4-8-17)13-14-25(21)18-9-5-2-6-10-18/h1-12,15,21H,13-14H2. The van der Waals surface area contributed by atoms with Crippen LogP contribution in [0.4, 0.5) is 15.8 Å². The van der Waals surface area contributed by atoms with Gasteiger partial charge in [-0.25, -0.2) is 4.39 Å². The molecule has 3 aromatic rings. The van der Waals surface area contributed by atoms with Gasteiger partial charge in [0.2, 0.25) is 0 Å². The van der Waals surface area contributed by atoms with Crippen molar-refractivity contribution in [3.63, 3.8) is 0 Å². The molecule has 0 spiro atoms. The largest absolute Gasteiger partial charge is 0.346 e. The molecule has 0 atom stereocenters. The average Bonchev–Trinajstić information content (AvgIpc) is 3.08. The number of nitrogens with zero attached hydrogens (tertiary/aromatic N) is 2. The van der Waals surface area contributed by atoms with Gasteiger partial charge >= 0.3 is 0 Å². The third-order valence-electron chi connectivity index (χ3n) is 4.59. The summed E-state index contributed by atoms with van der Waals surface area (Å²) in [6.45, 7) is 1.74. The fourth-order valence-electron chi connectivity index (χ4n) is 3.45. The summed E-state index contributed by atoms with van der Waals surface area (Å²) >= 11 is 6.42. The number of benzene rings is 3. The van der Waals surface area contributed by atoms with Crippen LogP contribution in [0.25, 0.3) is 0 Å².